The third kappa shape index (κ3) is 7.06. The van der Waals surface area contributed by atoms with Crippen LogP contribution in [-0.2, 0) is 4.79 Å². The molecule has 1 heterocycles. The summed E-state index contributed by atoms with van der Waals surface area (Å²) in [6, 6.07) is -1.21. The predicted octanol–water partition coefficient (Wildman–Crippen LogP) is 4.63. The molecular weight excluding hydrogens is 474 g/mol. The largest absolute Gasteiger partial charge is 0.384 e. The van der Waals surface area contributed by atoms with Crippen molar-refractivity contribution in [1.29, 1.82) is 0 Å². The number of allylic oxidation sites excluding steroid dienone is 7. The lowest BCUT2D eigenvalue weighted by Crippen LogP contribution is -2.62. The summed E-state index contributed by atoms with van der Waals surface area (Å²) in [5.74, 6) is 8.14. The van der Waals surface area contributed by atoms with Crippen LogP contribution in [0.1, 0.15) is 60.8 Å². The number of amides is 3. The molecule has 0 aromatic rings. The summed E-state index contributed by atoms with van der Waals surface area (Å²) >= 11 is 5.95. The first-order valence-electron chi connectivity index (χ1n) is 12.3. The highest BCUT2D eigenvalue weighted by Gasteiger charge is 2.51. The monoisotopic (exact) mass is 511 g/mol. The minimum Gasteiger partial charge on any atom is -0.384 e. The van der Waals surface area contributed by atoms with E-state index in [4.69, 9.17) is 18.0 Å². The van der Waals surface area contributed by atoms with Gasteiger partial charge in [0, 0.05) is 29.1 Å². The normalized spacial score (nSPS) is 22.8. The summed E-state index contributed by atoms with van der Waals surface area (Å²) in [7, 11) is 0. The lowest BCUT2D eigenvalue weighted by atomic mass is 9.66. The van der Waals surface area contributed by atoms with Crippen LogP contribution in [0.25, 0.3) is 0 Å². The number of nitrogens with one attached hydrogen (secondary N) is 2. The van der Waals surface area contributed by atoms with E-state index in [1.807, 2.05) is 39.8 Å². The van der Waals surface area contributed by atoms with Gasteiger partial charge in [-0.2, -0.15) is 0 Å². The summed E-state index contributed by atoms with van der Waals surface area (Å²) in [6.45, 7) is 11.9. The smallest absolute Gasteiger partial charge is 0.320 e. The average molecular weight is 512 g/mol. The molecule has 0 spiro atoms. The van der Waals surface area contributed by atoms with Gasteiger partial charge in [0.2, 0.25) is 5.91 Å². The van der Waals surface area contributed by atoms with Crippen molar-refractivity contribution < 1.29 is 14.7 Å². The second kappa shape index (κ2) is 12.3. The van der Waals surface area contributed by atoms with Crippen molar-refractivity contribution in [1.82, 2.24) is 15.5 Å². The topological polar surface area (TPSA) is 81.7 Å². The molecule has 1 fully saturated rings. The summed E-state index contributed by atoms with van der Waals surface area (Å²) in [5, 5.41) is 17.7. The van der Waals surface area contributed by atoms with Crippen LogP contribution in [0.2, 0.25) is 0 Å². The van der Waals surface area contributed by atoms with Gasteiger partial charge in [0.1, 0.15) is 11.6 Å². The lowest BCUT2D eigenvalue weighted by molar-refractivity contribution is -0.146. The maximum Gasteiger partial charge on any atom is 0.320 e. The van der Waals surface area contributed by atoms with E-state index in [9.17, 15) is 14.7 Å². The minimum absolute atomic E-state index is 0.146. The van der Waals surface area contributed by atoms with Crippen LogP contribution in [0.5, 0.6) is 0 Å². The van der Waals surface area contributed by atoms with Gasteiger partial charge in [-0.25, -0.2) is 4.79 Å². The first-order valence-corrected chi connectivity index (χ1v) is 12.7. The Labute approximate surface area is 220 Å². The van der Waals surface area contributed by atoms with Crippen LogP contribution in [0.4, 0.5) is 4.79 Å². The number of carbonyl (C=O) groups excluding carboxylic acids is 2. The maximum absolute atomic E-state index is 13.5. The van der Waals surface area contributed by atoms with Gasteiger partial charge >= 0.3 is 6.03 Å². The molecule has 194 valence electrons. The molecular formula is C29H38ClN3O3. The van der Waals surface area contributed by atoms with E-state index in [0.717, 1.165) is 6.42 Å². The third-order valence-electron chi connectivity index (χ3n) is 6.81. The van der Waals surface area contributed by atoms with Gasteiger partial charge in [0.15, 0.2) is 0 Å². The van der Waals surface area contributed by atoms with Crippen LogP contribution in [0.3, 0.4) is 0 Å². The SMILES string of the molecule is C#C/C(=C\C=C(/C)Cl)C1(O)CCN(C(=O)[C@H](NC(=O)NC2=CCC(CC)=CC#C2)C(C)C)CC1(C)C. The van der Waals surface area contributed by atoms with Gasteiger partial charge in [0.05, 0.1) is 5.70 Å². The van der Waals surface area contributed by atoms with Crippen molar-refractivity contribution in [2.24, 2.45) is 11.3 Å². The molecule has 0 aromatic carbocycles. The molecule has 0 aromatic heterocycles. The van der Waals surface area contributed by atoms with E-state index < -0.39 is 23.1 Å². The number of piperidine rings is 1. The summed E-state index contributed by atoms with van der Waals surface area (Å²) in [6.07, 6.45) is 14.7. The van der Waals surface area contributed by atoms with Crippen molar-refractivity contribution in [3.63, 3.8) is 0 Å². The van der Waals surface area contributed by atoms with E-state index in [1.54, 1.807) is 24.0 Å². The number of hydrogen-bond acceptors (Lipinski definition) is 3. The molecule has 2 rings (SSSR count). The molecule has 1 saturated heterocycles. The zero-order valence-corrected chi connectivity index (χ0v) is 22.9. The summed E-state index contributed by atoms with van der Waals surface area (Å²) < 4.78 is 0. The summed E-state index contributed by atoms with van der Waals surface area (Å²) in [5.41, 5.74) is 0.105. The van der Waals surface area contributed by atoms with E-state index in [2.05, 4.69) is 35.3 Å². The third-order valence-corrected chi connectivity index (χ3v) is 6.94. The van der Waals surface area contributed by atoms with Gasteiger partial charge < -0.3 is 20.6 Å². The molecule has 1 unspecified atom stereocenters. The Morgan fingerprint density at radius 2 is 2.06 bits per heavy atom. The maximum atomic E-state index is 13.5. The fourth-order valence-electron chi connectivity index (χ4n) is 4.41. The molecule has 3 amide bonds. The standard InChI is InChI=1S/C29H38ClN3O3/c1-8-22-11-10-12-24(16-14-22)31-27(35)32-25(20(3)4)26(34)33-18-17-29(36,28(6,7)19-33)23(9-2)15-13-21(5)30/h2,11,13,15-16,20,25,36H,8,14,17-19H2,1,3-7H3,(H2,31,32,35)/b21-13+,23-15+/t25-,29?/m1/s1. The first-order chi connectivity index (χ1) is 16.8. The predicted molar refractivity (Wildman–Crippen MR) is 146 cm³/mol. The molecule has 6 nitrogen and oxygen atoms in total. The van der Waals surface area contributed by atoms with E-state index in [-0.39, 0.29) is 24.8 Å². The van der Waals surface area contributed by atoms with Gasteiger partial charge in [-0.1, -0.05) is 63.6 Å². The number of hydrogen-bond donors (Lipinski definition) is 3. The number of carbonyl (C=O) groups is 2. The van der Waals surface area contributed by atoms with Crippen LogP contribution < -0.4 is 10.6 Å². The molecule has 3 N–H and O–H groups in total. The number of likely N-dealkylation sites (tertiary alicyclic amines) is 1. The Morgan fingerprint density at radius 1 is 1.36 bits per heavy atom. The molecule has 0 radical (unpaired) electrons. The highest BCUT2D eigenvalue weighted by atomic mass is 35.5. The molecule has 2 aliphatic rings. The van der Waals surface area contributed by atoms with E-state index >= 15 is 0 Å². The van der Waals surface area contributed by atoms with Crippen molar-refractivity contribution in [2.75, 3.05) is 13.1 Å². The Balaban J connectivity index is 2.14. The molecule has 1 aliphatic heterocycles. The Bertz CT molecular complexity index is 1090. The molecule has 36 heavy (non-hydrogen) atoms. The molecule has 2 atom stereocenters. The van der Waals surface area contributed by atoms with Crippen LogP contribution in [-0.4, -0.2) is 46.7 Å². The van der Waals surface area contributed by atoms with Crippen LogP contribution >= 0.6 is 11.6 Å². The van der Waals surface area contributed by atoms with Crippen molar-refractivity contribution >= 4 is 23.5 Å². The van der Waals surface area contributed by atoms with Gasteiger partial charge in [0.25, 0.3) is 0 Å². The van der Waals surface area contributed by atoms with Gasteiger partial charge in [-0.15, -0.1) is 6.42 Å². The molecule has 0 bridgehead atoms. The Kier molecular flexibility index (Phi) is 10.1. The molecule has 0 saturated carbocycles. The second-order valence-corrected chi connectivity index (χ2v) is 10.9. The highest BCUT2D eigenvalue weighted by Crippen LogP contribution is 2.43. The molecule has 7 heteroatoms. The fourth-order valence-corrected chi connectivity index (χ4v) is 4.47. The van der Waals surface area contributed by atoms with Crippen LogP contribution in [0.15, 0.2) is 46.2 Å². The number of aliphatic hydroxyl groups is 1. The minimum atomic E-state index is -1.30. The van der Waals surface area contributed by atoms with Gasteiger partial charge in [-0.3, -0.25) is 4.79 Å². The number of urea groups is 1. The quantitative estimate of drug-likeness (QED) is 0.344. The number of rotatable bonds is 7. The summed E-state index contributed by atoms with van der Waals surface area (Å²) in [4.78, 5) is 28.0. The van der Waals surface area contributed by atoms with E-state index in [0.29, 0.717) is 29.3 Å². The van der Waals surface area contributed by atoms with E-state index in [1.165, 1.54) is 5.57 Å². The Morgan fingerprint density at radius 3 is 2.61 bits per heavy atom. The van der Waals surface area contributed by atoms with Crippen molar-refractivity contribution in [2.45, 2.75) is 72.4 Å². The zero-order chi connectivity index (χ0) is 27.1. The number of nitrogens with zero attached hydrogens (tertiary/aromatic N) is 1. The zero-order valence-electron chi connectivity index (χ0n) is 22.2. The van der Waals surface area contributed by atoms with Gasteiger partial charge in [-0.05, 0) is 62.3 Å². The Hall–Kier alpha value is -2.93. The first kappa shape index (κ1) is 29.3. The number of halogens is 1. The number of terminal acetylenes is 1. The lowest BCUT2D eigenvalue weighted by Gasteiger charge is -2.51. The highest BCUT2D eigenvalue weighted by molar-refractivity contribution is 6.29. The average Bonchev–Trinajstić information content (AvgIpc) is 3.03. The molecule has 1 aliphatic carbocycles. The van der Waals surface area contributed by atoms with Crippen LogP contribution in [0, 0.1) is 35.5 Å². The fraction of sp³-hybridized carbons (Fsp3) is 0.517. The second-order valence-electron chi connectivity index (χ2n) is 10.3. The van der Waals surface area contributed by atoms with Crippen molar-refractivity contribution in [3.8, 4) is 24.2 Å². The van der Waals surface area contributed by atoms with Crippen molar-refractivity contribution in [3.05, 3.63) is 46.2 Å².